The molecule has 1 aliphatic rings. The molecule has 7 nitrogen and oxygen atoms in total. The summed E-state index contributed by atoms with van der Waals surface area (Å²) in [5.41, 5.74) is 3.01. The fourth-order valence-corrected chi connectivity index (χ4v) is 8.15. The van der Waals surface area contributed by atoms with E-state index in [1.165, 1.54) is 0 Å². The Morgan fingerprint density at radius 3 is 2.15 bits per heavy atom. The van der Waals surface area contributed by atoms with Gasteiger partial charge in [0, 0.05) is 36.2 Å². The lowest BCUT2D eigenvalue weighted by atomic mass is 9.87. The maximum Gasteiger partial charge on any atom is 0.303 e. The molecule has 1 saturated heterocycles. The minimum absolute atomic E-state index is 0.0771. The van der Waals surface area contributed by atoms with Crippen LogP contribution in [0.5, 0.6) is 17.2 Å². The third kappa shape index (κ3) is 10.5. The zero-order chi connectivity index (χ0) is 29.8. The molecule has 9 heteroatoms. The normalized spacial score (nSPS) is 15.2. The van der Waals surface area contributed by atoms with E-state index in [-0.39, 0.29) is 43.2 Å². The Morgan fingerprint density at radius 2 is 1.59 bits per heavy atom. The number of carboxylic acids is 1. The van der Waals surface area contributed by atoms with Gasteiger partial charge in [-0.2, -0.15) is 0 Å². The molecule has 1 fully saturated rings. The van der Waals surface area contributed by atoms with Crippen LogP contribution in [0.2, 0.25) is 0 Å². The molecule has 222 valence electrons. The zero-order valence-corrected chi connectivity index (χ0v) is 25.7. The second-order valence-corrected chi connectivity index (χ2v) is 13.0. The SMILES string of the molecule is C=C(C)Oc1ccc(CCC(=O)CC(=O)CCc2ccc(C(CCCC(=O)O)C3CCSS3)c(OC)c2)cc1OC. The van der Waals surface area contributed by atoms with Crippen molar-refractivity contribution < 1.29 is 33.7 Å². The summed E-state index contributed by atoms with van der Waals surface area (Å²) < 4.78 is 16.7. The van der Waals surface area contributed by atoms with Crippen molar-refractivity contribution in [2.75, 3.05) is 20.0 Å². The van der Waals surface area contributed by atoms with Crippen molar-refractivity contribution in [1.82, 2.24) is 0 Å². The van der Waals surface area contributed by atoms with Crippen molar-refractivity contribution in [3.05, 3.63) is 65.4 Å². The van der Waals surface area contributed by atoms with Crippen LogP contribution in [-0.4, -0.2) is 47.9 Å². The number of ketones is 2. The van der Waals surface area contributed by atoms with Crippen LogP contribution in [-0.2, 0) is 27.2 Å². The van der Waals surface area contributed by atoms with Gasteiger partial charge in [-0.3, -0.25) is 14.4 Å². The number of ether oxygens (including phenoxy) is 3. The Hall–Kier alpha value is -2.91. The number of allylic oxidation sites excluding steroid dienone is 1. The lowest BCUT2D eigenvalue weighted by Gasteiger charge is -2.25. The summed E-state index contributed by atoms with van der Waals surface area (Å²) >= 11 is 0. The summed E-state index contributed by atoms with van der Waals surface area (Å²) in [6.07, 6.45) is 4.19. The Labute approximate surface area is 250 Å². The second kappa shape index (κ2) is 16.5. The van der Waals surface area contributed by atoms with Crippen LogP contribution < -0.4 is 14.2 Å². The van der Waals surface area contributed by atoms with Gasteiger partial charge in [-0.25, -0.2) is 0 Å². The van der Waals surface area contributed by atoms with Gasteiger partial charge in [0.1, 0.15) is 17.3 Å². The van der Waals surface area contributed by atoms with Crippen LogP contribution >= 0.6 is 21.6 Å². The maximum atomic E-state index is 12.6. The summed E-state index contributed by atoms with van der Waals surface area (Å²) in [6.45, 7) is 5.50. The van der Waals surface area contributed by atoms with Gasteiger partial charge in [0.05, 0.1) is 26.4 Å². The molecule has 0 aliphatic carbocycles. The van der Waals surface area contributed by atoms with E-state index >= 15 is 0 Å². The highest BCUT2D eigenvalue weighted by molar-refractivity contribution is 8.77. The Bertz CT molecular complexity index is 1220. The van der Waals surface area contributed by atoms with Crippen LogP contribution in [0.25, 0.3) is 0 Å². The molecule has 2 unspecified atom stereocenters. The summed E-state index contributed by atoms with van der Waals surface area (Å²) in [6, 6.07) is 11.6. The first kappa shape index (κ1) is 32.6. The molecule has 0 bridgehead atoms. The lowest BCUT2D eigenvalue weighted by molar-refractivity contribution is -0.137. The van der Waals surface area contributed by atoms with Crippen LogP contribution in [0.3, 0.4) is 0 Å². The van der Waals surface area contributed by atoms with E-state index in [9.17, 15) is 14.4 Å². The molecule has 2 atom stereocenters. The van der Waals surface area contributed by atoms with Crippen LogP contribution in [0, 0.1) is 0 Å². The number of carbonyl (C=O) groups is 3. The minimum atomic E-state index is -0.772. The molecule has 0 spiro atoms. The van der Waals surface area contributed by atoms with E-state index in [4.69, 9.17) is 19.3 Å². The molecular weight excluding hydrogens is 560 g/mol. The molecule has 41 heavy (non-hydrogen) atoms. The highest BCUT2D eigenvalue weighted by Crippen LogP contribution is 2.48. The molecule has 0 radical (unpaired) electrons. The molecule has 2 aromatic rings. The molecule has 1 aliphatic heterocycles. The number of rotatable bonds is 18. The second-order valence-electron chi connectivity index (χ2n) is 10.3. The highest BCUT2D eigenvalue weighted by Gasteiger charge is 2.30. The number of benzene rings is 2. The monoisotopic (exact) mass is 600 g/mol. The van der Waals surface area contributed by atoms with E-state index in [0.717, 1.165) is 41.0 Å². The standard InChI is InChI=1S/C32H40O7S2/c1-21(2)39-28-15-11-23(19-30(28)38-4)9-13-25(34)20-24(33)12-8-22-10-14-26(29(18-22)37-3)27(6-5-7-32(35)36)31-16-17-40-41-31/h10-11,14-15,18-19,27,31H,1,5-9,12-13,16-17,20H2,2-4H3,(H,35,36). The fourth-order valence-electron chi connectivity index (χ4n) is 4.95. The van der Waals surface area contributed by atoms with Gasteiger partial charge < -0.3 is 19.3 Å². The van der Waals surface area contributed by atoms with Gasteiger partial charge in [-0.1, -0.05) is 46.4 Å². The molecule has 1 heterocycles. The summed E-state index contributed by atoms with van der Waals surface area (Å²) in [5.74, 6) is 2.85. The largest absolute Gasteiger partial charge is 0.496 e. The van der Waals surface area contributed by atoms with Crippen LogP contribution in [0.4, 0.5) is 0 Å². The van der Waals surface area contributed by atoms with Gasteiger partial charge >= 0.3 is 5.97 Å². The third-order valence-corrected chi connectivity index (χ3v) is 10.0. The van der Waals surface area contributed by atoms with Gasteiger partial charge in [-0.15, -0.1) is 0 Å². The van der Waals surface area contributed by atoms with Crippen molar-refractivity contribution in [2.24, 2.45) is 0 Å². The van der Waals surface area contributed by atoms with E-state index in [0.29, 0.717) is 41.8 Å². The van der Waals surface area contributed by atoms with Crippen molar-refractivity contribution in [1.29, 1.82) is 0 Å². The number of Topliss-reactive ketones (excluding diaryl/α,β-unsaturated/α-hetero) is 2. The Kier molecular flexibility index (Phi) is 13.1. The number of aryl methyl sites for hydroxylation is 2. The van der Waals surface area contributed by atoms with E-state index in [1.54, 1.807) is 27.2 Å². The summed E-state index contributed by atoms with van der Waals surface area (Å²) in [7, 11) is 6.95. The van der Waals surface area contributed by atoms with Gasteiger partial charge in [0.2, 0.25) is 0 Å². The number of methoxy groups -OCH3 is 2. The van der Waals surface area contributed by atoms with Crippen molar-refractivity contribution in [2.45, 2.75) is 75.9 Å². The average Bonchev–Trinajstić information content (AvgIpc) is 3.48. The van der Waals surface area contributed by atoms with E-state index in [2.05, 4.69) is 12.6 Å². The Morgan fingerprint density at radius 1 is 0.951 bits per heavy atom. The number of hydrogen-bond acceptors (Lipinski definition) is 8. The van der Waals surface area contributed by atoms with Crippen molar-refractivity contribution in [3.8, 4) is 17.2 Å². The average molecular weight is 601 g/mol. The third-order valence-electron chi connectivity index (χ3n) is 7.02. The fraction of sp³-hybridized carbons (Fsp3) is 0.469. The van der Waals surface area contributed by atoms with Crippen molar-refractivity contribution in [3.63, 3.8) is 0 Å². The Balaban J connectivity index is 1.53. The quantitative estimate of drug-likeness (QED) is 0.108. The number of hydrogen-bond donors (Lipinski definition) is 1. The molecule has 2 aromatic carbocycles. The summed E-state index contributed by atoms with van der Waals surface area (Å²) in [4.78, 5) is 36.2. The summed E-state index contributed by atoms with van der Waals surface area (Å²) in [5, 5.41) is 9.52. The van der Waals surface area contributed by atoms with E-state index in [1.807, 2.05) is 45.9 Å². The number of carbonyl (C=O) groups excluding carboxylic acids is 2. The highest BCUT2D eigenvalue weighted by atomic mass is 33.1. The van der Waals surface area contributed by atoms with Gasteiger partial charge in [-0.05, 0) is 73.9 Å². The minimum Gasteiger partial charge on any atom is -0.496 e. The molecule has 1 N–H and O–H groups in total. The molecule has 0 saturated carbocycles. The molecule has 0 amide bonds. The first-order valence-electron chi connectivity index (χ1n) is 13.9. The number of aliphatic carboxylic acids is 1. The lowest BCUT2D eigenvalue weighted by Crippen LogP contribution is -2.15. The smallest absolute Gasteiger partial charge is 0.303 e. The van der Waals surface area contributed by atoms with Crippen LogP contribution in [0.1, 0.15) is 74.5 Å². The first-order chi connectivity index (χ1) is 19.7. The maximum absolute atomic E-state index is 12.6. The topological polar surface area (TPSA) is 99.1 Å². The molecule has 3 rings (SSSR count). The molecular formula is C32H40O7S2. The molecule has 0 aromatic heterocycles. The van der Waals surface area contributed by atoms with Crippen LogP contribution in [0.15, 0.2) is 48.7 Å². The van der Waals surface area contributed by atoms with Crippen molar-refractivity contribution >= 4 is 39.1 Å². The van der Waals surface area contributed by atoms with Gasteiger partial charge in [0.15, 0.2) is 11.5 Å². The number of carboxylic acid groups (broad SMARTS) is 1. The predicted octanol–water partition coefficient (Wildman–Crippen LogP) is 7.20. The zero-order valence-electron chi connectivity index (χ0n) is 24.1. The first-order valence-corrected chi connectivity index (χ1v) is 16.3. The van der Waals surface area contributed by atoms with E-state index < -0.39 is 5.97 Å². The predicted molar refractivity (Wildman–Crippen MR) is 165 cm³/mol. The van der Waals surface area contributed by atoms with Gasteiger partial charge in [0.25, 0.3) is 0 Å².